The van der Waals surface area contributed by atoms with Crippen LogP contribution < -0.4 is 10.1 Å². The van der Waals surface area contributed by atoms with E-state index in [9.17, 15) is 14.4 Å². The highest BCUT2D eigenvalue weighted by Crippen LogP contribution is 2.32. The van der Waals surface area contributed by atoms with Crippen LogP contribution in [0, 0.1) is 0 Å². The molecule has 0 unspecified atom stereocenters. The van der Waals surface area contributed by atoms with Crippen molar-refractivity contribution >= 4 is 17.8 Å². The van der Waals surface area contributed by atoms with Crippen molar-refractivity contribution in [3.8, 4) is 5.75 Å². The molecule has 1 aromatic rings. The molecule has 30 heavy (non-hydrogen) atoms. The van der Waals surface area contributed by atoms with Crippen molar-refractivity contribution in [2.45, 2.75) is 44.2 Å². The number of hydrogen-bond donors (Lipinski definition) is 1. The van der Waals surface area contributed by atoms with Gasteiger partial charge in [0.15, 0.2) is 0 Å². The third-order valence-electron chi connectivity index (χ3n) is 6.74. The largest absolute Gasteiger partial charge is 0.497 e. The quantitative estimate of drug-likeness (QED) is 0.759. The van der Waals surface area contributed by atoms with Gasteiger partial charge >= 0.3 is 6.03 Å². The summed E-state index contributed by atoms with van der Waals surface area (Å²) in [6.45, 7) is 5.68. The van der Waals surface area contributed by atoms with E-state index in [1.165, 1.54) is 4.90 Å². The van der Waals surface area contributed by atoms with Crippen LogP contribution in [0.1, 0.15) is 43.0 Å². The number of carbonyl (C=O) groups is 3. The number of imide groups is 1. The number of likely N-dealkylation sites (tertiary alicyclic amines) is 2. The summed E-state index contributed by atoms with van der Waals surface area (Å²) in [7, 11) is 1.59. The highest BCUT2D eigenvalue weighted by atomic mass is 16.5. The first-order chi connectivity index (χ1) is 14.5. The van der Waals surface area contributed by atoms with Crippen LogP contribution in [0.3, 0.4) is 0 Å². The zero-order valence-electron chi connectivity index (χ0n) is 17.7. The lowest BCUT2D eigenvalue weighted by atomic mass is 9.87. The molecular weight excluding hydrogens is 384 g/mol. The number of nitrogens with zero attached hydrogens (tertiary/aromatic N) is 3. The number of methoxy groups -OCH3 is 1. The molecule has 0 radical (unpaired) electrons. The Bertz CT molecular complexity index is 817. The Hall–Kier alpha value is -2.61. The van der Waals surface area contributed by atoms with Gasteiger partial charge in [0, 0.05) is 31.7 Å². The summed E-state index contributed by atoms with van der Waals surface area (Å²) < 4.78 is 5.15. The van der Waals surface area contributed by atoms with Gasteiger partial charge in [-0.3, -0.25) is 14.5 Å². The summed E-state index contributed by atoms with van der Waals surface area (Å²) in [5.41, 5.74) is -0.192. The minimum Gasteiger partial charge on any atom is -0.497 e. The molecule has 1 spiro atoms. The van der Waals surface area contributed by atoms with Crippen molar-refractivity contribution in [3.05, 3.63) is 29.8 Å². The maximum atomic E-state index is 13.3. The number of benzene rings is 1. The molecule has 8 heteroatoms. The van der Waals surface area contributed by atoms with Crippen LogP contribution in [0.25, 0.3) is 0 Å². The van der Waals surface area contributed by atoms with Crippen molar-refractivity contribution in [2.24, 2.45) is 0 Å². The Morgan fingerprint density at radius 3 is 2.50 bits per heavy atom. The number of amides is 4. The minimum absolute atomic E-state index is 0.0830. The number of carbonyl (C=O) groups excluding carboxylic acids is 3. The van der Waals surface area contributed by atoms with E-state index in [-0.39, 0.29) is 23.9 Å². The molecule has 1 atom stereocenters. The molecule has 0 aliphatic carbocycles. The summed E-state index contributed by atoms with van der Waals surface area (Å²) >= 11 is 0. The third-order valence-corrected chi connectivity index (χ3v) is 6.74. The van der Waals surface area contributed by atoms with Crippen LogP contribution in [0.4, 0.5) is 4.79 Å². The van der Waals surface area contributed by atoms with Gasteiger partial charge in [0.2, 0.25) is 0 Å². The molecular formula is C22H30N4O4. The summed E-state index contributed by atoms with van der Waals surface area (Å²) in [5, 5.41) is 2.99. The van der Waals surface area contributed by atoms with Crippen LogP contribution in [0.2, 0.25) is 0 Å². The monoisotopic (exact) mass is 414 g/mol. The van der Waals surface area contributed by atoms with Gasteiger partial charge in [-0.1, -0.05) is 6.92 Å². The first kappa shape index (κ1) is 20.7. The zero-order valence-corrected chi connectivity index (χ0v) is 17.7. The molecule has 0 bridgehead atoms. The number of urea groups is 1. The smallest absolute Gasteiger partial charge is 0.325 e. The van der Waals surface area contributed by atoms with E-state index in [2.05, 4.69) is 17.1 Å². The summed E-state index contributed by atoms with van der Waals surface area (Å²) in [6, 6.07) is 6.42. The van der Waals surface area contributed by atoms with Crippen molar-refractivity contribution in [1.29, 1.82) is 0 Å². The van der Waals surface area contributed by atoms with Gasteiger partial charge in [-0.2, -0.15) is 0 Å². The molecule has 8 nitrogen and oxygen atoms in total. The SMILES string of the molecule is CCN1CCC2(CC1)NC(=O)N([C@H]1CCCN(C(=O)c3ccc(OC)cc3)C1)C2=O. The second-order valence-corrected chi connectivity index (χ2v) is 8.40. The Morgan fingerprint density at radius 1 is 1.17 bits per heavy atom. The summed E-state index contributed by atoms with van der Waals surface area (Å²) in [6.07, 6.45) is 2.77. The first-order valence-corrected chi connectivity index (χ1v) is 10.8. The fourth-order valence-electron chi connectivity index (χ4n) is 4.83. The first-order valence-electron chi connectivity index (χ1n) is 10.8. The van der Waals surface area contributed by atoms with E-state index in [0.717, 1.165) is 32.5 Å². The fraction of sp³-hybridized carbons (Fsp3) is 0.591. The van der Waals surface area contributed by atoms with Gasteiger partial charge in [-0.25, -0.2) is 4.79 Å². The van der Waals surface area contributed by atoms with E-state index in [1.54, 1.807) is 36.3 Å². The predicted octanol–water partition coefficient (Wildman–Crippen LogP) is 1.71. The topological polar surface area (TPSA) is 82.2 Å². The van der Waals surface area contributed by atoms with E-state index >= 15 is 0 Å². The van der Waals surface area contributed by atoms with Crippen molar-refractivity contribution in [2.75, 3.05) is 39.8 Å². The van der Waals surface area contributed by atoms with Crippen LogP contribution in [0.15, 0.2) is 24.3 Å². The van der Waals surface area contributed by atoms with Crippen molar-refractivity contribution in [3.63, 3.8) is 0 Å². The maximum absolute atomic E-state index is 13.3. The Kier molecular flexibility index (Phi) is 5.69. The van der Waals surface area contributed by atoms with Gasteiger partial charge in [0.05, 0.1) is 13.2 Å². The highest BCUT2D eigenvalue weighted by Gasteiger charge is 2.54. The lowest BCUT2D eigenvalue weighted by Crippen LogP contribution is -2.56. The Labute approximate surface area is 177 Å². The van der Waals surface area contributed by atoms with Gasteiger partial charge in [-0.05, 0) is 56.5 Å². The van der Waals surface area contributed by atoms with Gasteiger partial charge in [-0.15, -0.1) is 0 Å². The lowest BCUT2D eigenvalue weighted by molar-refractivity contribution is -0.135. The molecule has 4 amide bonds. The van der Waals surface area contributed by atoms with Crippen LogP contribution >= 0.6 is 0 Å². The average Bonchev–Trinajstić information content (AvgIpc) is 3.03. The van der Waals surface area contributed by atoms with Crippen molar-refractivity contribution < 1.29 is 19.1 Å². The summed E-state index contributed by atoms with van der Waals surface area (Å²) in [4.78, 5) is 44.5. The van der Waals surface area contributed by atoms with Crippen LogP contribution in [0.5, 0.6) is 5.75 Å². The molecule has 3 fully saturated rings. The van der Waals surface area contributed by atoms with Gasteiger partial charge < -0.3 is 19.9 Å². The third kappa shape index (κ3) is 3.64. The summed E-state index contributed by atoms with van der Waals surface area (Å²) in [5.74, 6) is 0.495. The fourth-order valence-corrected chi connectivity index (χ4v) is 4.83. The van der Waals surface area contributed by atoms with E-state index in [1.807, 2.05) is 0 Å². The standard InChI is InChI=1S/C22H30N4O4/c1-3-24-13-10-22(11-14-24)20(28)26(21(29)23-22)17-5-4-12-25(15-17)19(27)16-6-8-18(30-2)9-7-16/h6-9,17H,3-5,10-15H2,1-2H3,(H,23,29)/t17-/m0/s1. The van der Waals surface area contributed by atoms with Crippen LogP contribution in [-0.2, 0) is 4.79 Å². The number of rotatable bonds is 4. The van der Waals surface area contributed by atoms with Crippen LogP contribution in [-0.4, -0.2) is 84.0 Å². The maximum Gasteiger partial charge on any atom is 0.325 e. The second kappa shape index (κ2) is 8.26. The molecule has 3 heterocycles. The van der Waals surface area contributed by atoms with Gasteiger partial charge in [0.25, 0.3) is 11.8 Å². The Morgan fingerprint density at radius 2 is 1.87 bits per heavy atom. The zero-order chi connectivity index (χ0) is 21.3. The Balaban J connectivity index is 1.45. The number of piperidine rings is 2. The molecule has 3 aliphatic heterocycles. The minimum atomic E-state index is -0.773. The molecule has 1 aromatic carbocycles. The molecule has 3 saturated heterocycles. The molecule has 0 aromatic heterocycles. The molecule has 1 N–H and O–H groups in total. The van der Waals surface area contributed by atoms with Crippen molar-refractivity contribution in [1.82, 2.24) is 20.0 Å². The molecule has 3 aliphatic rings. The van der Waals surface area contributed by atoms with E-state index in [4.69, 9.17) is 4.74 Å². The predicted molar refractivity (Wildman–Crippen MR) is 111 cm³/mol. The second-order valence-electron chi connectivity index (χ2n) is 8.40. The molecule has 0 saturated carbocycles. The number of ether oxygens (including phenoxy) is 1. The number of hydrogen-bond acceptors (Lipinski definition) is 5. The van der Waals surface area contributed by atoms with E-state index < -0.39 is 5.54 Å². The molecule has 162 valence electrons. The van der Waals surface area contributed by atoms with Gasteiger partial charge in [0.1, 0.15) is 11.3 Å². The normalized spacial score (nSPS) is 24.3. The highest BCUT2D eigenvalue weighted by molar-refractivity contribution is 6.07. The average molecular weight is 415 g/mol. The lowest BCUT2D eigenvalue weighted by Gasteiger charge is -2.39. The number of nitrogens with one attached hydrogen (secondary N) is 1. The van der Waals surface area contributed by atoms with E-state index in [0.29, 0.717) is 37.2 Å². The molecule has 4 rings (SSSR count).